The molecule has 0 radical (unpaired) electrons. The van der Waals surface area contributed by atoms with Crippen LogP contribution in [0.1, 0.15) is 18.4 Å². The molecule has 0 bridgehead atoms. The Balaban J connectivity index is 1.42. The van der Waals surface area contributed by atoms with Gasteiger partial charge in [-0.1, -0.05) is 12.1 Å². The zero-order chi connectivity index (χ0) is 20.1. The molecule has 2 aliphatic rings. The van der Waals surface area contributed by atoms with E-state index in [1.165, 1.54) is 18.2 Å². The second-order valence-corrected chi connectivity index (χ2v) is 7.19. The van der Waals surface area contributed by atoms with Crippen molar-refractivity contribution < 1.29 is 22.8 Å². The summed E-state index contributed by atoms with van der Waals surface area (Å²) in [6, 6.07) is 4.99. The quantitative estimate of drug-likeness (QED) is 0.795. The van der Waals surface area contributed by atoms with Crippen LogP contribution in [0.15, 0.2) is 24.3 Å². The molecule has 2 aliphatic heterocycles. The molecule has 28 heavy (non-hydrogen) atoms. The molecule has 3 rings (SSSR count). The van der Waals surface area contributed by atoms with Crippen LogP contribution in [-0.4, -0.2) is 78.9 Å². The fraction of sp³-hybridized carbons (Fsp3) is 0.579. The summed E-state index contributed by atoms with van der Waals surface area (Å²) in [4.78, 5) is 29.9. The number of amides is 2. The first-order valence-electron chi connectivity index (χ1n) is 9.51. The highest BCUT2D eigenvalue weighted by atomic mass is 19.4. The van der Waals surface area contributed by atoms with Crippen molar-refractivity contribution in [3.8, 4) is 0 Å². The Labute approximate surface area is 162 Å². The minimum atomic E-state index is -4.51. The van der Waals surface area contributed by atoms with Crippen molar-refractivity contribution in [2.75, 3.05) is 57.7 Å². The molecule has 2 fully saturated rings. The highest BCUT2D eigenvalue weighted by molar-refractivity contribution is 5.93. The van der Waals surface area contributed by atoms with Crippen molar-refractivity contribution in [1.82, 2.24) is 14.7 Å². The minimum absolute atomic E-state index is 0.0602. The first kappa shape index (κ1) is 20.6. The SMILES string of the molecule is O=C(CN1CCN(CCN2CCCC2=O)CC1)Nc1ccccc1C(F)(F)F. The Bertz CT molecular complexity index is 703. The van der Waals surface area contributed by atoms with E-state index in [1.807, 2.05) is 9.80 Å². The molecule has 2 saturated heterocycles. The number of rotatable bonds is 6. The molecular weight excluding hydrogens is 373 g/mol. The molecule has 0 unspecified atom stereocenters. The Morgan fingerprint density at radius 3 is 2.32 bits per heavy atom. The number of alkyl halides is 3. The number of hydrogen-bond acceptors (Lipinski definition) is 4. The van der Waals surface area contributed by atoms with Gasteiger partial charge in [0, 0.05) is 52.2 Å². The zero-order valence-corrected chi connectivity index (χ0v) is 15.7. The summed E-state index contributed by atoms with van der Waals surface area (Å²) < 4.78 is 39.1. The van der Waals surface area contributed by atoms with Crippen LogP contribution in [0.4, 0.5) is 18.9 Å². The predicted octanol–water partition coefficient (Wildman–Crippen LogP) is 1.88. The van der Waals surface area contributed by atoms with E-state index in [2.05, 4.69) is 10.2 Å². The van der Waals surface area contributed by atoms with Gasteiger partial charge in [-0.3, -0.25) is 19.4 Å². The van der Waals surface area contributed by atoms with E-state index in [9.17, 15) is 22.8 Å². The lowest BCUT2D eigenvalue weighted by atomic mass is 10.1. The number of anilines is 1. The van der Waals surface area contributed by atoms with Crippen LogP contribution in [0.2, 0.25) is 0 Å². The van der Waals surface area contributed by atoms with E-state index >= 15 is 0 Å². The van der Waals surface area contributed by atoms with Crippen LogP contribution in [0.25, 0.3) is 0 Å². The molecule has 2 heterocycles. The first-order valence-corrected chi connectivity index (χ1v) is 9.51. The van der Waals surface area contributed by atoms with Crippen molar-refractivity contribution >= 4 is 17.5 Å². The van der Waals surface area contributed by atoms with Gasteiger partial charge >= 0.3 is 6.18 Å². The largest absolute Gasteiger partial charge is 0.418 e. The van der Waals surface area contributed by atoms with Gasteiger partial charge in [0.1, 0.15) is 0 Å². The highest BCUT2D eigenvalue weighted by Gasteiger charge is 2.33. The van der Waals surface area contributed by atoms with Crippen LogP contribution in [-0.2, 0) is 15.8 Å². The third kappa shape index (κ3) is 5.45. The summed E-state index contributed by atoms with van der Waals surface area (Å²) in [5.41, 5.74) is -1.06. The maximum Gasteiger partial charge on any atom is 0.418 e. The fourth-order valence-electron chi connectivity index (χ4n) is 3.61. The molecule has 6 nitrogen and oxygen atoms in total. The van der Waals surface area contributed by atoms with Gasteiger partial charge in [-0.2, -0.15) is 13.2 Å². The summed E-state index contributed by atoms with van der Waals surface area (Å²) in [7, 11) is 0. The molecule has 1 aromatic carbocycles. The molecule has 0 atom stereocenters. The van der Waals surface area contributed by atoms with Crippen LogP contribution in [0.3, 0.4) is 0 Å². The molecule has 0 saturated carbocycles. The molecule has 0 aromatic heterocycles. The molecule has 1 aromatic rings. The number of carbonyl (C=O) groups excluding carboxylic acids is 2. The van der Waals surface area contributed by atoms with Gasteiger partial charge in [0.2, 0.25) is 11.8 Å². The van der Waals surface area contributed by atoms with E-state index in [0.29, 0.717) is 19.5 Å². The molecule has 2 amide bonds. The van der Waals surface area contributed by atoms with Crippen molar-refractivity contribution in [2.24, 2.45) is 0 Å². The lowest BCUT2D eigenvalue weighted by Crippen LogP contribution is -2.50. The molecule has 9 heteroatoms. The number of nitrogens with one attached hydrogen (secondary N) is 1. The molecule has 154 valence electrons. The van der Waals surface area contributed by atoms with Crippen LogP contribution in [0, 0.1) is 0 Å². The smallest absolute Gasteiger partial charge is 0.341 e. The molecule has 0 aliphatic carbocycles. The van der Waals surface area contributed by atoms with Gasteiger partial charge in [-0.15, -0.1) is 0 Å². The topological polar surface area (TPSA) is 55.9 Å². The van der Waals surface area contributed by atoms with Crippen molar-refractivity contribution in [1.29, 1.82) is 0 Å². The zero-order valence-electron chi connectivity index (χ0n) is 15.7. The number of benzene rings is 1. The second-order valence-electron chi connectivity index (χ2n) is 7.19. The Morgan fingerprint density at radius 2 is 1.68 bits per heavy atom. The summed E-state index contributed by atoms with van der Waals surface area (Å²) >= 11 is 0. The Morgan fingerprint density at radius 1 is 1.00 bits per heavy atom. The number of nitrogens with zero attached hydrogens (tertiary/aromatic N) is 3. The van der Waals surface area contributed by atoms with Crippen molar-refractivity contribution in [3.63, 3.8) is 0 Å². The van der Waals surface area contributed by atoms with Crippen LogP contribution in [0.5, 0.6) is 0 Å². The summed E-state index contributed by atoms with van der Waals surface area (Å²) in [6.07, 6.45) is -2.94. The highest BCUT2D eigenvalue weighted by Crippen LogP contribution is 2.34. The molecular formula is C19H25F3N4O2. The van der Waals surface area contributed by atoms with E-state index in [0.717, 1.165) is 45.2 Å². The van der Waals surface area contributed by atoms with Crippen LogP contribution < -0.4 is 5.32 Å². The molecule has 1 N–H and O–H groups in total. The number of likely N-dealkylation sites (tertiary alicyclic amines) is 1. The number of hydrogen-bond donors (Lipinski definition) is 1. The van der Waals surface area contributed by atoms with E-state index < -0.39 is 17.6 Å². The summed E-state index contributed by atoms with van der Waals surface area (Å²) in [5.74, 6) is -0.234. The van der Waals surface area contributed by atoms with E-state index in [4.69, 9.17) is 0 Å². The Hall–Kier alpha value is -2.13. The van der Waals surface area contributed by atoms with Crippen molar-refractivity contribution in [2.45, 2.75) is 19.0 Å². The maximum absolute atomic E-state index is 13.0. The normalized spacial score (nSPS) is 19.2. The van der Waals surface area contributed by atoms with Gasteiger partial charge in [0.05, 0.1) is 17.8 Å². The van der Waals surface area contributed by atoms with Crippen LogP contribution >= 0.6 is 0 Å². The monoisotopic (exact) mass is 398 g/mol. The Kier molecular flexibility index (Phi) is 6.56. The van der Waals surface area contributed by atoms with Gasteiger partial charge in [-0.25, -0.2) is 0 Å². The number of para-hydroxylation sites is 1. The van der Waals surface area contributed by atoms with E-state index in [-0.39, 0.29) is 18.1 Å². The van der Waals surface area contributed by atoms with Gasteiger partial charge < -0.3 is 10.2 Å². The van der Waals surface area contributed by atoms with Gasteiger partial charge in [0.15, 0.2) is 0 Å². The third-order valence-corrected chi connectivity index (χ3v) is 5.20. The van der Waals surface area contributed by atoms with E-state index in [1.54, 1.807) is 0 Å². The first-order chi connectivity index (χ1) is 13.3. The lowest BCUT2D eigenvalue weighted by molar-refractivity contribution is -0.137. The van der Waals surface area contributed by atoms with Gasteiger partial charge in [0.25, 0.3) is 0 Å². The lowest BCUT2D eigenvalue weighted by Gasteiger charge is -2.35. The average molecular weight is 398 g/mol. The standard InChI is InChI=1S/C19H25F3N4O2/c20-19(21,22)15-4-1-2-5-16(15)23-17(27)14-25-10-8-24(9-11-25)12-13-26-7-3-6-18(26)28/h1-2,4-5H,3,6-14H2,(H,23,27). The third-order valence-electron chi connectivity index (χ3n) is 5.20. The summed E-state index contributed by atoms with van der Waals surface area (Å²) in [5, 5.41) is 2.38. The molecule has 0 spiro atoms. The van der Waals surface area contributed by atoms with Gasteiger partial charge in [-0.05, 0) is 18.6 Å². The minimum Gasteiger partial charge on any atom is -0.341 e. The fourth-order valence-corrected chi connectivity index (χ4v) is 3.61. The maximum atomic E-state index is 13.0. The van der Waals surface area contributed by atoms with Crippen molar-refractivity contribution in [3.05, 3.63) is 29.8 Å². The number of carbonyl (C=O) groups is 2. The number of halogens is 3. The number of piperazine rings is 1. The second kappa shape index (κ2) is 8.91. The predicted molar refractivity (Wildman–Crippen MR) is 98.8 cm³/mol. The average Bonchev–Trinajstić information content (AvgIpc) is 3.05. The summed E-state index contributed by atoms with van der Waals surface area (Å²) in [6.45, 7) is 5.31.